The van der Waals surface area contributed by atoms with Crippen LogP contribution < -0.4 is 10.1 Å². The highest BCUT2D eigenvalue weighted by molar-refractivity contribution is 9.10. The lowest BCUT2D eigenvalue weighted by Gasteiger charge is -2.12. The van der Waals surface area contributed by atoms with Gasteiger partial charge in [0.05, 0.1) is 11.1 Å². The lowest BCUT2D eigenvalue weighted by atomic mass is 10.2. The Labute approximate surface area is 150 Å². The minimum Gasteiger partial charge on any atom is -0.488 e. The van der Waals surface area contributed by atoms with Gasteiger partial charge in [-0.2, -0.15) is 0 Å². The fraction of sp³-hybridized carbons (Fsp3) is 0.211. The number of carbonyl (C=O) groups is 1. The van der Waals surface area contributed by atoms with Gasteiger partial charge in [-0.3, -0.25) is 0 Å². The second-order valence-corrected chi connectivity index (χ2v) is 5.98. The third kappa shape index (κ3) is 5.74. The molecule has 0 aliphatic heterocycles. The standard InChI is InChI=1S/C19H20BrNO3/c1-3-23-19(22)11-14(2)21-16-9-10-17(20)18(12-16)24-13-15-7-5-4-6-8-15/h4-12,21H,3,13H2,1-2H3/b14-11-. The molecule has 0 radical (unpaired) electrons. The van der Waals surface area contributed by atoms with Crippen molar-refractivity contribution in [1.82, 2.24) is 0 Å². The number of benzene rings is 2. The van der Waals surface area contributed by atoms with Crippen molar-refractivity contribution in [1.29, 1.82) is 0 Å². The van der Waals surface area contributed by atoms with Crippen LogP contribution in [0.2, 0.25) is 0 Å². The van der Waals surface area contributed by atoms with Crippen LogP contribution in [0.4, 0.5) is 5.69 Å². The van der Waals surface area contributed by atoms with E-state index in [1.807, 2.05) is 55.5 Å². The van der Waals surface area contributed by atoms with Gasteiger partial charge in [0.1, 0.15) is 12.4 Å². The first-order valence-corrected chi connectivity index (χ1v) is 8.46. The van der Waals surface area contributed by atoms with Gasteiger partial charge in [0.2, 0.25) is 0 Å². The summed E-state index contributed by atoms with van der Waals surface area (Å²) in [7, 11) is 0. The average molecular weight is 390 g/mol. The first kappa shape index (κ1) is 18.1. The molecular formula is C19H20BrNO3. The summed E-state index contributed by atoms with van der Waals surface area (Å²) in [4.78, 5) is 11.5. The van der Waals surface area contributed by atoms with Crippen molar-refractivity contribution in [3.63, 3.8) is 0 Å². The molecule has 0 heterocycles. The molecule has 0 saturated carbocycles. The molecule has 4 nitrogen and oxygen atoms in total. The van der Waals surface area contributed by atoms with Crippen LogP contribution in [0.3, 0.4) is 0 Å². The summed E-state index contributed by atoms with van der Waals surface area (Å²) in [5.41, 5.74) is 2.63. The van der Waals surface area contributed by atoms with Crippen molar-refractivity contribution in [2.45, 2.75) is 20.5 Å². The molecule has 5 heteroatoms. The number of allylic oxidation sites excluding steroid dienone is 1. The van der Waals surface area contributed by atoms with E-state index in [1.54, 1.807) is 6.92 Å². The molecular weight excluding hydrogens is 370 g/mol. The van der Waals surface area contributed by atoms with Crippen molar-refractivity contribution in [2.75, 3.05) is 11.9 Å². The van der Waals surface area contributed by atoms with Crippen molar-refractivity contribution < 1.29 is 14.3 Å². The largest absolute Gasteiger partial charge is 0.488 e. The van der Waals surface area contributed by atoms with Crippen LogP contribution >= 0.6 is 15.9 Å². The zero-order valence-electron chi connectivity index (χ0n) is 13.7. The second-order valence-electron chi connectivity index (χ2n) is 5.12. The molecule has 0 saturated heterocycles. The summed E-state index contributed by atoms with van der Waals surface area (Å²) >= 11 is 3.49. The highest BCUT2D eigenvalue weighted by Crippen LogP contribution is 2.29. The van der Waals surface area contributed by atoms with Gasteiger partial charge in [-0.05, 0) is 47.5 Å². The number of rotatable bonds is 7. The Morgan fingerprint density at radius 2 is 1.96 bits per heavy atom. The highest BCUT2D eigenvalue weighted by atomic mass is 79.9. The van der Waals surface area contributed by atoms with Gasteiger partial charge in [0.15, 0.2) is 0 Å². The van der Waals surface area contributed by atoms with E-state index in [0.29, 0.717) is 18.9 Å². The van der Waals surface area contributed by atoms with Gasteiger partial charge in [-0.25, -0.2) is 4.79 Å². The Kier molecular flexibility index (Phi) is 6.88. The van der Waals surface area contributed by atoms with Crippen LogP contribution in [0.15, 0.2) is 64.8 Å². The maximum Gasteiger partial charge on any atom is 0.332 e. The smallest absolute Gasteiger partial charge is 0.332 e. The lowest BCUT2D eigenvalue weighted by Crippen LogP contribution is -2.04. The number of hydrogen-bond donors (Lipinski definition) is 1. The molecule has 0 aromatic heterocycles. The molecule has 0 aliphatic carbocycles. The molecule has 0 bridgehead atoms. The van der Waals surface area contributed by atoms with Gasteiger partial charge in [-0.1, -0.05) is 30.3 Å². The number of esters is 1. The van der Waals surface area contributed by atoms with E-state index in [0.717, 1.165) is 21.5 Å². The van der Waals surface area contributed by atoms with Gasteiger partial charge in [0.25, 0.3) is 0 Å². The Balaban J connectivity index is 2.03. The van der Waals surface area contributed by atoms with Crippen LogP contribution in [-0.2, 0) is 16.1 Å². The lowest BCUT2D eigenvalue weighted by molar-refractivity contribution is -0.137. The average Bonchev–Trinajstić information content (AvgIpc) is 2.56. The number of ether oxygens (including phenoxy) is 2. The number of carbonyl (C=O) groups excluding carboxylic acids is 1. The Morgan fingerprint density at radius 1 is 1.21 bits per heavy atom. The minimum atomic E-state index is -0.361. The SMILES string of the molecule is CCOC(=O)/C=C(/C)Nc1ccc(Br)c(OCc2ccccc2)c1. The van der Waals surface area contributed by atoms with Crippen LogP contribution in [0.5, 0.6) is 5.75 Å². The van der Waals surface area contributed by atoms with Crippen molar-refractivity contribution in [3.8, 4) is 5.75 Å². The van der Waals surface area contributed by atoms with E-state index < -0.39 is 0 Å². The maximum absolute atomic E-state index is 11.5. The van der Waals surface area contributed by atoms with Crippen LogP contribution in [0.25, 0.3) is 0 Å². The molecule has 0 aliphatic rings. The summed E-state index contributed by atoms with van der Waals surface area (Å²) < 4.78 is 11.6. The fourth-order valence-electron chi connectivity index (χ4n) is 2.05. The molecule has 2 aromatic rings. The van der Waals surface area contributed by atoms with Crippen molar-refractivity contribution in [2.24, 2.45) is 0 Å². The monoisotopic (exact) mass is 389 g/mol. The third-order valence-electron chi connectivity index (χ3n) is 3.13. The number of nitrogens with one attached hydrogen (secondary N) is 1. The van der Waals surface area contributed by atoms with Crippen LogP contribution in [0.1, 0.15) is 19.4 Å². The molecule has 24 heavy (non-hydrogen) atoms. The Bertz CT molecular complexity index is 714. The van der Waals surface area contributed by atoms with Crippen LogP contribution in [0, 0.1) is 0 Å². The summed E-state index contributed by atoms with van der Waals surface area (Å²) in [6.07, 6.45) is 1.43. The summed E-state index contributed by atoms with van der Waals surface area (Å²) in [6.45, 7) is 4.43. The minimum absolute atomic E-state index is 0.359. The molecule has 0 amide bonds. The summed E-state index contributed by atoms with van der Waals surface area (Å²) in [5.74, 6) is 0.368. The first-order valence-electron chi connectivity index (χ1n) is 7.67. The fourth-order valence-corrected chi connectivity index (χ4v) is 2.41. The van der Waals surface area contributed by atoms with Gasteiger partial charge >= 0.3 is 5.97 Å². The molecule has 0 spiro atoms. The predicted octanol–water partition coefficient (Wildman–Crippen LogP) is 4.91. The maximum atomic E-state index is 11.5. The summed E-state index contributed by atoms with van der Waals surface area (Å²) in [6, 6.07) is 15.7. The van der Waals surface area contributed by atoms with Gasteiger partial charge in [-0.15, -0.1) is 0 Å². The summed E-state index contributed by atoms with van der Waals surface area (Å²) in [5, 5.41) is 3.16. The molecule has 126 valence electrons. The topological polar surface area (TPSA) is 47.6 Å². The Hall–Kier alpha value is -2.27. The number of hydrogen-bond acceptors (Lipinski definition) is 4. The van der Waals surface area contributed by atoms with E-state index in [2.05, 4.69) is 21.2 Å². The molecule has 2 aromatic carbocycles. The zero-order chi connectivity index (χ0) is 17.4. The van der Waals surface area contributed by atoms with Gasteiger partial charge in [0, 0.05) is 23.5 Å². The van der Waals surface area contributed by atoms with Crippen molar-refractivity contribution >= 4 is 27.6 Å². The Morgan fingerprint density at radius 3 is 2.67 bits per heavy atom. The van der Waals surface area contributed by atoms with E-state index in [9.17, 15) is 4.79 Å². The molecule has 2 rings (SSSR count). The quantitative estimate of drug-likeness (QED) is 0.539. The van der Waals surface area contributed by atoms with Crippen LogP contribution in [-0.4, -0.2) is 12.6 Å². The zero-order valence-corrected chi connectivity index (χ0v) is 15.3. The molecule has 0 atom stereocenters. The van der Waals surface area contributed by atoms with E-state index in [4.69, 9.17) is 9.47 Å². The third-order valence-corrected chi connectivity index (χ3v) is 3.79. The predicted molar refractivity (Wildman–Crippen MR) is 98.9 cm³/mol. The normalized spacial score (nSPS) is 11.0. The molecule has 0 fully saturated rings. The first-order chi connectivity index (χ1) is 11.6. The van der Waals surface area contributed by atoms with E-state index in [1.165, 1.54) is 6.08 Å². The number of halogens is 1. The van der Waals surface area contributed by atoms with Crippen molar-refractivity contribution in [3.05, 3.63) is 70.3 Å². The van der Waals surface area contributed by atoms with E-state index in [-0.39, 0.29) is 5.97 Å². The highest BCUT2D eigenvalue weighted by Gasteiger charge is 2.05. The van der Waals surface area contributed by atoms with E-state index >= 15 is 0 Å². The number of anilines is 1. The van der Waals surface area contributed by atoms with Gasteiger partial charge < -0.3 is 14.8 Å². The second kappa shape index (κ2) is 9.13. The molecule has 0 unspecified atom stereocenters. The molecule has 1 N–H and O–H groups in total.